The highest BCUT2D eigenvalue weighted by Gasteiger charge is 2.22. The van der Waals surface area contributed by atoms with Crippen molar-refractivity contribution in [2.75, 3.05) is 5.32 Å². The number of halogens is 2. The molecule has 0 atom stereocenters. The van der Waals surface area contributed by atoms with Crippen LogP contribution in [0.3, 0.4) is 0 Å². The van der Waals surface area contributed by atoms with E-state index in [0.717, 1.165) is 5.56 Å². The minimum Gasteiger partial charge on any atom is -0.379 e. The number of amides is 1. The van der Waals surface area contributed by atoms with E-state index in [9.17, 15) is 4.79 Å². The highest BCUT2D eigenvalue weighted by Crippen LogP contribution is 2.33. The maximum Gasteiger partial charge on any atom is 0.252 e. The number of hydrogen-bond donors (Lipinski definition) is 2. The second-order valence-corrected chi connectivity index (χ2v) is 6.92. The fraction of sp³-hybridized carbons (Fsp3) is 0.200. The monoisotopic (exact) mass is 386 g/mol. The van der Waals surface area contributed by atoms with Crippen molar-refractivity contribution in [1.29, 1.82) is 0 Å². The number of rotatable bonds is 6. The number of nitrogens with zero attached hydrogens (tertiary/aromatic N) is 2. The van der Waals surface area contributed by atoms with Gasteiger partial charge in [-0.05, 0) is 31.5 Å². The number of hydrogen-bond acceptors (Lipinski definition) is 3. The minimum atomic E-state index is -0.671. The Morgan fingerprint density at radius 2 is 2.00 bits per heavy atom. The molecule has 2 aromatic carbocycles. The average Bonchev–Trinajstić information content (AvgIpc) is 3.09. The molecule has 7 heteroatoms. The smallest absolute Gasteiger partial charge is 0.252 e. The van der Waals surface area contributed by atoms with E-state index in [4.69, 9.17) is 17.3 Å². The Morgan fingerprint density at radius 1 is 1.30 bits per heavy atom. The molecule has 0 aliphatic rings. The summed E-state index contributed by atoms with van der Waals surface area (Å²) in [6, 6.07) is 12.6. The quantitative estimate of drug-likeness (QED) is 0.648. The summed E-state index contributed by atoms with van der Waals surface area (Å²) in [6.45, 7) is 4.24. The molecule has 0 unspecified atom stereocenters. The van der Waals surface area contributed by atoms with Crippen LogP contribution in [-0.2, 0) is 6.54 Å². The number of carbonyl (C=O) groups excluding carboxylic acids is 1. The van der Waals surface area contributed by atoms with Crippen molar-refractivity contribution < 1.29 is 9.18 Å². The van der Waals surface area contributed by atoms with Gasteiger partial charge in [0.15, 0.2) is 5.82 Å². The van der Waals surface area contributed by atoms with E-state index < -0.39 is 11.7 Å². The summed E-state index contributed by atoms with van der Waals surface area (Å²) in [5, 5.41) is 7.73. The second kappa shape index (κ2) is 7.80. The van der Waals surface area contributed by atoms with Crippen LogP contribution in [0.4, 0.5) is 10.1 Å². The Bertz CT molecular complexity index is 970. The van der Waals surface area contributed by atoms with Crippen molar-refractivity contribution in [2.45, 2.75) is 26.4 Å². The van der Waals surface area contributed by atoms with E-state index in [1.54, 1.807) is 4.68 Å². The lowest BCUT2D eigenvalue weighted by Crippen LogP contribution is -2.11. The predicted octanol–water partition coefficient (Wildman–Crippen LogP) is 4.63. The molecule has 0 aliphatic carbocycles. The molecule has 0 saturated carbocycles. The summed E-state index contributed by atoms with van der Waals surface area (Å²) in [7, 11) is 0. The first-order chi connectivity index (χ1) is 12.9. The first kappa shape index (κ1) is 18.9. The molecular weight excluding hydrogens is 367 g/mol. The summed E-state index contributed by atoms with van der Waals surface area (Å²) in [4.78, 5) is 11.8. The standard InChI is InChI=1S/C20H20ClFN4O/c1-12(2)26-11-16(20(23)27)19(25-26)15-8-14(21)9-17(18(15)22)24-10-13-6-4-3-5-7-13/h3-9,11-12,24H,10H2,1-2H3,(H2,23,27). The molecule has 3 N–H and O–H groups in total. The molecule has 0 aliphatic heterocycles. The number of primary amides is 1. The lowest BCUT2D eigenvalue weighted by atomic mass is 10.1. The SMILES string of the molecule is CC(C)n1cc(C(N)=O)c(-c2cc(Cl)cc(NCc3ccccc3)c2F)n1. The number of aromatic nitrogens is 2. The highest BCUT2D eigenvalue weighted by atomic mass is 35.5. The molecule has 0 fully saturated rings. The summed E-state index contributed by atoms with van der Waals surface area (Å²) in [5.74, 6) is -1.21. The number of anilines is 1. The van der Waals surface area contributed by atoms with Crippen LogP contribution in [0, 0.1) is 5.82 Å². The van der Waals surface area contributed by atoms with Gasteiger partial charge in [-0.15, -0.1) is 0 Å². The minimum absolute atomic E-state index is 0.00484. The van der Waals surface area contributed by atoms with E-state index in [1.807, 2.05) is 44.2 Å². The fourth-order valence-corrected chi connectivity index (χ4v) is 2.94. The average molecular weight is 387 g/mol. The third kappa shape index (κ3) is 4.11. The van der Waals surface area contributed by atoms with Gasteiger partial charge in [-0.2, -0.15) is 5.10 Å². The molecule has 0 radical (unpaired) electrons. The first-order valence-corrected chi connectivity index (χ1v) is 8.90. The van der Waals surface area contributed by atoms with Gasteiger partial charge in [-0.25, -0.2) is 4.39 Å². The Morgan fingerprint density at radius 3 is 2.63 bits per heavy atom. The normalized spacial score (nSPS) is 11.0. The van der Waals surface area contributed by atoms with Gasteiger partial charge in [0.25, 0.3) is 5.91 Å². The molecule has 0 bridgehead atoms. The maximum absolute atomic E-state index is 15.2. The molecule has 0 spiro atoms. The van der Waals surface area contributed by atoms with Crippen molar-refractivity contribution in [3.05, 3.63) is 70.6 Å². The first-order valence-electron chi connectivity index (χ1n) is 8.53. The van der Waals surface area contributed by atoms with Crippen LogP contribution in [0.25, 0.3) is 11.3 Å². The van der Waals surface area contributed by atoms with E-state index in [0.29, 0.717) is 11.6 Å². The van der Waals surface area contributed by atoms with Crippen LogP contribution in [0.5, 0.6) is 0 Å². The maximum atomic E-state index is 15.2. The van der Waals surface area contributed by atoms with Crippen LogP contribution in [0.15, 0.2) is 48.7 Å². The van der Waals surface area contributed by atoms with Crippen molar-refractivity contribution in [3.8, 4) is 11.3 Å². The van der Waals surface area contributed by atoms with Gasteiger partial charge in [-0.1, -0.05) is 41.9 Å². The topological polar surface area (TPSA) is 72.9 Å². The Balaban J connectivity index is 2.02. The zero-order chi connectivity index (χ0) is 19.6. The van der Waals surface area contributed by atoms with Crippen LogP contribution >= 0.6 is 11.6 Å². The van der Waals surface area contributed by atoms with Crippen molar-refractivity contribution >= 4 is 23.2 Å². The largest absolute Gasteiger partial charge is 0.379 e. The zero-order valence-corrected chi connectivity index (χ0v) is 15.8. The molecule has 3 aromatic rings. The third-order valence-corrected chi connectivity index (χ3v) is 4.36. The van der Waals surface area contributed by atoms with Crippen molar-refractivity contribution in [2.24, 2.45) is 5.73 Å². The van der Waals surface area contributed by atoms with Gasteiger partial charge in [0.05, 0.1) is 11.3 Å². The van der Waals surface area contributed by atoms with Crippen LogP contribution < -0.4 is 11.1 Å². The highest BCUT2D eigenvalue weighted by molar-refractivity contribution is 6.31. The molecule has 5 nitrogen and oxygen atoms in total. The van der Waals surface area contributed by atoms with Gasteiger partial charge in [0, 0.05) is 29.4 Å². The Hall–Kier alpha value is -2.86. The van der Waals surface area contributed by atoms with Crippen molar-refractivity contribution in [3.63, 3.8) is 0 Å². The second-order valence-electron chi connectivity index (χ2n) is 6.48. The number of benzene rings is 2. The molecule has 27 heavy (non-hydrogen) atoms. The summed E-state index contributed by atoms with van der Waals surface area (Å²) in [6.07, 6.45) is 1.53. The zero-order valence-electron chi connectivity index (χ0n) is 15.0. The summed E-state index contributed by atoms with van der Waals surface area (Å²) < 4.78 is 16.7. The number of nitrogens with two attached hydrogens (primary N) is 1. The van der Waals surface area contributed by atoms with E-state index in [-0.39, 0.29) is 28.6 Å². The molecule has 1 aromatic heterocycles. The molecule has 140 valence electrons. The molecule has 0 saturated heterocycles. The van der Waals surface area contributed by atoms with Gasteiger partial charge in [-0.3, -0.25) is 9.48 Å². The van der Waals surface area contributed by atoms with E-state index in [2.05, 4.69) is 10.4 Å². The van der Waals surface area contributed by atoms with Crippen LogP contribution in [0.1, 0.15) is 35.8 Å². The summed E-state index contributed by atoms with van der Waals surface area (Å²) in [5.41, 5.74) is 7.16. The molecule has 3 rings (SSSR count). The Labute approximate surface area is 161 Å². The van der Waals surface area contributed by atoms with Gasteiger partial charge in [0.2, 0.25) is 0 Å². The lowest BCUT2D eigenvalue weighted by Gasteiger charge is -2.12. The number of nitrogens with one attached hydrogen (secondary N) is 1. The van der Waals surface area contributed by atoms with E-state index >= 15 is 4.39 Å². The van der Waals surface area contributed by atoms with Gasteiger partial charge < -0.3 is 11.1 Å². The molecular formula is C20H20ClFN4O. The van der Waals surface area contributed by atoms with Gasteiger partial charge in [0.1, 0.15) is 5.69 Å². The summed E-state index contributed by atoms with van der Waals surface area (Å²) >= 11 is 6.20. The fourth-order valence-electron chi connectivity index (χ4n) is 2.72. The third-order valence-electron chi connectivity index (χ3n) is 4.14. The Kier molecular flexibility index (Phi) is 5.46. The predicted molar refractivity (Wildman–Crippen MR) is 105 cm³/mol. The van der Waals surface area contributed by atoms with E-state index in [1.165, 1.54) is 18.3 Å². The van der Waals surface area contributed by atoms with Gasteiger partial charge >= 0.3 is 0 Å². The number of carbonyl (C=O) groups is 1. The van der Waals surface area contributed by atoms with Crippen molar-refractivity contribution in [1.82, 2.24) is 9.78 Å². The lowest BCUT2D eigenvalue weighted by molar-refractivity contribution is 0.100. The van der Waals surface area contributed by atoms with Crippen LogP contribution in [0.2, 0.25) is 5.02 Å². The molecule has 1 heterocycles. The van der Waals surface area contributed by atoms with Crippen LogP contribution in [-0.4, -0.2) is 15.7 Å². The molecule has 1 amide bonds.